The van der Waals surface area contributed by atoms with Gasteiger partial charge in [0.1, 0.15) is 5.54 Å². The number of anilines is 1. The fourth-order valence-corrected chi connectivity index (χ4v) is 4.54. The van der Waals surface area contributed by atoms with Crippen LogP contribution in [0.3, 0.4) is 0 Å². The molecule has 0 radical (unpaired) electrons. The van der Waals surface area contributed by atoms with Crippen molar-refractivity contribution in [3.05, 3.63) is 59.9 Å². The Morgan fingerprint density at radius 1 is 1.31 bits per heavy atom. The number of likely N-dealkylation sites (N-methyl/N-ethyl adjacent to an activating group) is 1. The van der Waals surface area contributed by atoms with E-state index >= 15 is 0 Å². The molecule has 1 amide bonds. The standard InChI is InChI=1S/C20H21N3O3/c1-19(18(25)26-3)12-20(16(22-19)13-7-6-10-21-11-13)14-8-4-5-9-15(14)23(2)17(20)24/h4-11,16,22H,12H2,1-3H3/t16-,19?,20+/m0/s1. The summed E-state index contributed by atoms with van der Waals surface area (Å²) in [5.74, 6) is -0.393. The van der Waals surface area contributed by atoms with Crippen LogP contribution in [0.25, 0.3) is 0 Å². The number of hydrogen-bond donors (Lipinski definition) is 1. The molecule has 0 aliphatic carbocycles. The topological polar surface area (TPSA) is 71.5 Å². The Kier molecular flexibility index (Phi) is 3.63. The first kappa shape index (κ1) is 16.7. The van der Waals surface area contributed by atoms with Crippen LogP contribution in [-0.4, -0.2) is 36.6 Å². The van der Waals surface area contributed by atoms with E-state index < -0.39 is 11.0 Å². The molecule has 4 rings (SSSR count). The lowest BCUT2D eigenvalue weighted by Gasteiger charge is -2.29. The third-order valence-electron chi connectivity index (χ3n) is 5.67. The van der Waals surface area contributed by atoms with Crippen LogP contribution in [-0.2, 0) is 19.7 Å². The van der Waals surface area contributed by atoms with Crippen molar-refractivity contribution >= 4 is 17.6 Å². The summed E-state index contributed by atoms with van der Waals surface area (Å²) in [6.45, 7) is 1.80. The van der Waals surface area contributed by atoms with Crippen molar-refractivity contribution < 1.29 is 14.3 Å². The van der Waals surface area contributed by atoms with Gasteiger partial charge in [0.25, 0.3) is 0 Å². The maximum atomic E-state index is 13.5. The van der Waals surface area contributed by atoms with Crippen molar-refractivity contribution in [3.63, 3.8) is 0 Å². The van der Waals surface area contributed by atoms with Crippen molar-refractivity contribution in [2.45, 2.75) is 30.3 Å². The van der Waals surface area contributed by atoms with Crippen molar-refractivity contribution in [1.29, 1.82) is 0 Å². The molecule has 1 unspecified atom stereocenters. The van der Waals surface area contributed by atoms with E-state index in [4.69, 9.17) is 4.74 Å². The number of pyridine rings is 1. The molecule has 2 aliphatic heterocycles. The Morgan fingerprint density at radius 3 is 2.77 bits per heavy atom. The van der Waals surface area contributed by atoms with E-state index in [0.717, 1.165) is 16.8 Å². The maximum Gasteiger partial charge on any atom is 0.325 e. The number of nitrogens with one attached hydrogen (secondary N) is 1. The number of methoxy groups -OCH3 is 1. The molecule has 1 aromatic heterocycles. The summed E-state index contributed by atoms with van der Waals surface area (Å²) >= 11 is 0. The number of amides is 1. The number of esters is 1. The van der Waals surface area contributed by atoms with E-state index in [0.29, 0.717) is 6.42 Å². The summed E-state index contributed by atoms with van der Waals surface area (Å²) in [6, 6.07) is 11.2. The molecule has 1 spiro atoms. The number of ether oxygens (including phenoxy) is 1. The molecule has 2 aliphatic rings. The Hall–Kier alpha value is -2.73. The third kappa shape index (κ3) is 2.05. The molecule has 134 valence electrons. The minimum Gasteiger partial charge on any atom is -0.468 e. The molecule has 1 fully saturated rings. The quantitative estimate of drug-likeness (QED) is 0.838. The first-order chi connectivity index (χ1) is 12.4. The average Bonchev–Trinajstić information content (AvgIpc) is 3.11. The molecule has 3 heterocycles. The molecule has 1 saturated heterocycles. The lowest BCUT2D eigenvalue weighted by atomic mass is 9.71. The van der Waals surface area contributed by atoms with E-state index in [1.54, 1.807) is 31.3 Å². The largest absolute Gasteiger partial charge is 0.468 e. The number of nitrogens with zero attached hydrogens (tertiary/aromatic N) is 2. The van der Waals surface area contributed by atoms with Crippen LogP contribution in [0.2, 0.25) is 0 Å². The smallest absolute Gasteiger partial charge is 0.325 e. The predicted octanol–water partition coefficient (Wildman–Crippen LogP) is 1.96. The molecule has 1 aromatic carbocycles. The highest BCUT2D eigenvalue weighted by Gasteiger charge is 2.65. The first-order valence-corrected chi connectivity index (χ1v) is 8.58. The normalized spacial score (nSPS) is 29.9. The second-order valence-electron chi connectivity index (χ2n) is 7.22. The molecular formula is C20H21N3O3. The van der Waals surface area contributed by atoms with Gasteiger partial charge in [-0.3, -0.25) is 19.9 Å². The van der Waals surface area contributed by atoms with Crippen molar-refractivity contribution in [2.75, 3.05) is 19.1 Å². The van der Waals surface area contributed by atoms with Gasteiger partial charge in [-0.25, -0.2) is 0 Å². The van der Waals surface area contributed by atoms with Gasteiger partial charge in [-0.15, -0.1) is 0 Å². The highest BCUT2D eigenvalue weighted by molar-refractivity contribution is 6.09. The molecule has 1 N–H and O–H groups in total. The van der Waals surface area contributed by atoms with E-state index in [1.807, 2.05) is 36.4 Å². The Morgan fingerprint density at radius 2 is 2.08 bits per heavy atom. The second-order valence-corrected chi connectivity index (χ2v) is 7.22. The molecular weight excluding hydrogens is 330 g/mol. The lowest BCUT2D eigenvalue weighted by Crippen LogP contribution is -2.45. The molecule has 2 aromatic rings. The first-order valence-electron chi connectivity index (χ1n) is 8.58. The number of rotatable bonds is 2. The van der Waals surface area contributed by atoms with E-state index in [9.17, 15) is 9.59 Å². The third-order valence-corrected chi connectivity index (χ3v) is 5.67. The number of carbonyl (C=O) groups is 2. The van der Waals surface area contributed by atoms with Crippen molar-refractivity contribution in [2.24, 2.45) is 0 Å². The number of benzene rings is 1. The monoisotopic (exact) mass is 351 g/mol. The van der Waals surface area contributed by atoms with Gasteiger partial charge in [0, 0.05) is 25.1 Å². The highest BCUT2D eigenvalue weighted by Crippen LogP contribution is 2.56. The number of fused-ring (bicyclic) bond motifs is 2. The molecule has 3 atom stereocenters. The molecule has 6 nitrogen and oxygen atoms in total. The maximum absolute atomic E-state index is 13.5. The SMILES string of the molecule is COC(=O)C1(C)C[C@]2(C(=O)N(C)c3ccccc32)[C@H](c2cccnc2)N1. The van der Waals surface area contributed by atoms with Crippen molar-refractivity contribution in [1.82, 2.24) is 10.3 Å². The zero-order valence-electron chi connectivity index (χ0n) is 15.0. The fraction of sp³-hybridized carbons (Fsp3) is 0.350. The van der Waals surface area contributed by atoms with Gasteiger partial charge in [0.05, 0.1) is 18.6 Å². The van der Waals surface area contributed by atoms with E-state index in [2.05, 4.69) is 10.3 Å². The average molecular weight is 351 g/mol. The zero-order valence-corrected chi connectivity index (χ0v) is 15.0. The van der Waals surface area contributed by atoms with Crippen molar-refractivity contribution in [3.8, 4) is 0 Å². The van der Waals surface area contributed by atoms with Crippen LogP contribution >= 0.6 is 0 Å². The molecule has 6 heteroatoms. The Bertz CT molecular complexity index is 885. The Balaban J connectivity index is 1.95. The molecule has 0 bridgehead atoms. The number of aromatic nitrogens is 1. The fourth-order valence-electron chi connectivity index (χ4n) is 4.54. The van der Waals surface area contributed by atoms with Crippen LogP contribution in [0.4, 0.5) is 5.69 Å². The minimum absolute atomic E-state index is 0.0207. The van der Waals surface area contributed by atoms with Gasteiger partial charge in [-0.1, -0.05) is 24.3 Å². The van der Waals surface area contributed by atoms with Crippen LogP contribution in [0.15, 0.2) is 48.8 Å². The van der Waals surface area contributed by atoms with Gasteiger partial charge in [-0.2, -0.15) is 0 Å². The predicted molar refractivity (Wildman–Crippen MR) is 96.7 cm³/mol. The van der Waals surface area contributed by atoms with Crippen LogP contribution < -0.4 is 10.2 Å². The summed E-state index contributed by atoms with van der Waals surface area (Å²) in [5, 5.41) is 3.40. The number of hydrogen-bond acceptors (Lipinski definition) is 5. The Labute approximate surface area is 152 Å². The number of para-hydroxylation sites is 1. The summed E-state index contributed by atoms with van der Waals surface area (Å²) in [6.07, 6.45) is 3.77. The molecule has 0 saturated carbocycles. The second kappa shape index (κ2) is 5.64. The summed E-state index contributed by atoms with van der Waals surface area (Å²) in [7, 11) is 3.15. The summed E-state index contributed by atoms with van der Waals surface area (Å²) < 4.78 is 5.03. The van der Waals surface area contributed by atoms with Crippen LogP contribution in [0.1, 0.15) is 30.5 Å². The lowest BCUT2D eigenvalue weighted by molar-refractivity contribution is -0.147. The summed E-state index contributed by atoms with van der Waals surface area (Å²) in [4.78, 5) is 31.9. The van der Waals surface area contributed by atoms with E-state index in [1.165, 1.54) is 7.11 Å². The number of carbonyl (C=O) groups excluding carboxylic acids is 2. The van der Waals surface area contributed by atoms with Gasteiger partial charge >= 0.3 is 5.97 Å². The zero-order chi connectivity index (χ0) is 18.5. The van der Waals surface area contributed by atoms with Gasteiger partial charge < -0.3 is 9.64 Å². The molecule has 26 heavy (non-hydrogen) atoms. The minimum atomic E-state index is -0.969. The van der Waals surface area contributed by atoms with E-state index in [-0.39, 0.29) is 17.9 Å². The highest BCUT2D eigenvalue weighted by atomic mass is 16.5. The van der Waals surface area contributed by atoms with Gasteiger partial charge in [0.15, 0.2) is 0 Å². The van der Waals surface area contributed by atoms with Crippen LogP contribution in [0.5, 0.6) is 0 Å². The summed E-state index contributed by atoms with van der Waals surface area (Å²) in [5.41, 5.74) is 0.836. The van der Waals surface area contributed by atoms with Gasteiger partial charge in [-0.05, 0) is 36.6 Å². The van der Waals surface area contributed by atoms with Gasteiger partial charge in [0.2, 0.25) is 5.91 Å². The van der Waals surface area contributed by atoms with Crippen LogP contribution in [0, 0.1) is 0 Å².